The molecule has 0 spiro atoms. The molecule has 2 amide bonds. The van der Waals surface area contributed by atoms with E-state index in [1.807, 2.05) is 17.1 Å². The topological polar surface area (TPSA) is 90.0 Å². The maximum atomic E-state index is 13.5. The Morgan fingerprint density at radius 3 is 2.88 bits per heavy atom. The molecule has 3 saturated heterocycles. The van der Waals surface area contributed by atoms with Gasteiger partial charge in [-0.2, -0.15) is 4.72 Å². The molecule has 212 valence electrons. The Hall–Kier alpha value is -2.42. The summed E-state index contributed by atoms with van der Waals surface area (Å²) in [6.07, 6.45) is 10.8. The molecule has 4 fully saturated rings. The van der Waals surface area contributed by atoms with Crippen molar-refractivity contribution in [1.29, 1.82) is 0 Å². The van der Waals surface area contributed by atoms with Crippen molar-refractivity contribution >= 4 is 50.9 Å². The molecule has 1 aromatic rings. The molecule has 11 heteroatoms. The third-order valence-corrected chi connectivity index (χ3v) is 10.9. The standard InChI is InChI=1S/C29H33ClN4O4S2/c30-27-9-8-23(39-27)11-14-40(37,38)31-25-7-4-12-33(29(25)36)19-28(35)34-17-22-15-24(22)26(34)18-32-13-10-21(16-32)20-5-2-1-3-6-20/h1-2,5,8-9,11,14,21-22,24-26,31H,4,7,10,12-13,15-19H2/b14-11+/t21?,22?,24?,25-,26?/m0/s1. The molecule has 2 aliphatic carbocycles. The number of piperidine rings is 2. The fourth-order valence-corrected chi connectivity index (χ4v) is 8.56. The maximum Gasteiger partial charge on any atom is 0.242 e. The zero-order valence-electron chi connectivity index (χ0n) is 22.2. The zero-order valence-corrected chi connectivity index (χ0v) is 24.6. The first-order valence-corrected chi connectivity index (χ1v) is 16.6. The van der Waals surface area contributed by atoms with Gasteiger partial charge in [-0.3, -0.25) is 9.59 Å². The molecule has 5 aliphatic rings. The van der Waals surface area contributed by atoms with Crippen molar-refractivity contribution in [3.8, 4) is 0 Å². The summed E-state index contributed by atoms with van der Waals surface area (Å²) in [5.74, 6) is 1.18. The van der Waals surface area contributed by atoms with Gasteiger partial charge in [-0.05, 0) is 74.4 Å². The van der Waals surface area contributed by atoms with Gasteiger partial charge in [0.15, 0.2) is 0 Å². The minimum absolute atomic E-state index is 0.00598. The number of carbonyl (C=O) groups is 2. The second-order valence-electron chi connectivity index (χ2n) is 11.3. The number of rotatable bonds is 9. The Morgan fingerprint density at radius 2 is 2.10 bits per heavy atom. The van der Waals surface area contributed by atoms with Crippen molar-refractivity contribution in [2.24, 2.45) is 17.8 Å². The van der Waals surface area contributed by atoms with E-state index < -0.39 is 16.1 Å². The molecule has 4 unspecified atom stereocenters. The molecule has 4 heterocycles. The molecule has 8 nitrogen and oxygen atoms in total. The highest BCUT2D eigenvalue weighted by molar-refractivity contribution is 7.92. The summed E-state index contributed by atoms with van der Waals surface area (Å²) in [5, 5.41) is 1.06. The monoisotopic (exact) mass is 600 g/mol. The van der Waals surface area contributed by atoms with Gasteiger partial charge in [0.25, 0.3) is 0 Å². The van der Waals surface area contributed by atoms with Crippen LogP contribution >= 0.6 is 22.9 Å². The highest BCUT2D eigenvalue weighted by Gasteiger charge is 2.54. The third kappa shape index (κ3) is 6.24. The molecule has 0 aromatic carbocycles. The van der Waals surface area contributed by atoms with E-state index >= 15 is 0 Å². The van der Waals surface area contributed by atoms with Crippen LogP contribution in [0.5, 0.6) is 0 Å². The van der Waals surface area contributed by atoms with Gasteiger partial charge in [0.1, 0.15) is 6.04 Å². The lowest BCUT2D eigenvalue weighted by Gasteiger charge is -2.35. The van der Waals surface area contributed by atoms with E-state index in [1.165, 1.54) is 34.3 Å². The van der Waals surface area contributed by atoms with Gasteiger partial charge in [0, 0.05) is 54.0 Å². The summed E-state index contributed by atoms with van der Waals surface area (Å²) in [6, 6.07) is 2.73. The Kier molecular flexibility index (Phi) is 7.94. The molecular weight excluding hydrogens is 568 g/mol. The minimum Gasteiger partial charge on any atom is -0.336 e. The van der Waals surface area contributed by atoms with Gasteiger partial charge in [-0.15, -0.1) is 11.3 Å². The average Bonchev–Trinajstić information content (AvgIpc) is 3.23. The largest absolute Gasteiger partial charge is 0.336 e. The lowest BCUT2D eigenvalue weighted by molar-refractivity contribution is -0.144. The molecule has 5 atom stereocenters. The predicted octanol–water partition coefficient (Wildman–Crippen LogP) is 3.26. The highest BCUT2D eigenvalue weighted by atomic mass is 35.5. The number of allylic oxidation sites excluding steroid dienone is 3. The van der Waals surface area contributed by atoms with Crippen LogP contribution < -0.4 is 4.72 Å². The number of sulfonamides is 1. The van der Waals surface area contributed by atoms with Crippen molar-refractivity contribution in [1.82, 2.24) is 19.4 Å². The second-order valence-corrected chi connectivity index (χ2v) is 14.7. The molecule has 0 radical (unpaired) electrons. The van der Waals surface area contributed by atoms with Crippen molar-refractivity contribution < 1.29 is 18.0 Å². The van der Waals surface area contributed by atoms with Crippen molar-refractivity contribution in [2.75, 3.05) is 39.3 Å². The van der Waals surface area contributed by atoms with Crippen LogP contribution in [0, 0.1) is 17.8 Å². The number of nitrogens with one attached hydrogen (secondary N) is 1. The highest BCUT2D eigenvalue weighted by Crippen LogP contribution is 2.50. The number of likely N-dealkylation sites (tertiary alicyclic amines) is 3. The fraction of sp³-hybridized carbons (Fsp3) is 0.517. The van der Waals surface area contributed by atoms with Gasteiger partial charge in [0.05, 0.1) is 10.9 Å². The smallest absolute Gasteiger partial charge is 0.242 e. The number of nitrogens with zero attached hydrogens (tertiary/aromatic N) is 3. The Bertz CT molecular complexity index is 1450. The number of hydrogen-bond donors (Lipinski definition) is 1. The summed E-state index contributed by atoms with van der Waals surface area (Å²) < 4.78 is 28.4. The van der Waals surface area contributed by atoms with Crippen molar-refractivity contribution in [2.45, 2.75) is 37.8 Å². The summed E-state index contributed by atoms with van der Waals surface area (Å²) in [4.78, 5) is 33.4. The Labute approximate surface area is 244 Å². The molecule has 3 aliphatic heterocycles. The summed E-state index contributed by atoms with van der Waals surface area (Å²) in [5.41, 5.74) is 7.51. The maximum absolute atomic E-state index is 13.5. The van der Waals surface area contributed by atoms with Crippen LogP contribution in [0.1, 0.15) is 30.6 Å². The van der Waals surface area contributed by atoms with E-state index in [4.69, 9.17) is 11.6 Å². The van der Waals surface area contributed by atoms with Crippen LogP contribution in [0.15, 0.2) is 52.8 Å². The second kappa shape index (κ2) is 11.5. The first-order valence-electron chi connectivity index (χ1n) is 13.9. The molecule has 1 N–H and O–H groups in total. The minimum atomic E-state index is -3.84. The quantitative estimate of drug-likeness (QED) is 0.440. The van der Waals surface area contributed by atoms with Crippen LogP contribution in [0.25, 0.3) is 6.08 Å². The number of hydrogen-bond acceptors (Lipinski definition) is 6. The third-order valence-electron chi connectivity index (χ3n) is 8.62. The molecule has 40 heavy (non-hydrogen) atoms. The Balaban J connectivity index is 1.04. The van der Waals surface area contributed by atoms with Crippen LogP contribution in [0.4, 0.5) is 0 Å². The number of amides is 2. The fourth-order valence-electron chi connectivity index (χ4n) is 6.49. The van der Waals surface area contributed by atoms with Crippen LogP contribution in [-0.4, -0.2) is 86.3 Å². The number of halogens is 1. The number of carbonyl (C=O) groups excluding carboxylic acids is 2. The van der Waals surface area contributed by atoms with Crippen molar-refractivity contribution in [3.63, 3.8) is 0 Å². The van der Waals surface area contributed by atoms with E-state index in [0.29, 0.717) is 46.4 Å². The van der Waals surface area contributed by atoms with Gasteiger partial charge in [0.2, 0.25) is 21.8 Å². The van der Waals surface area contributed by atoms with E-state index in [-0.39, 0.29) is 24.4 Å². The molecule has 1 aromatic heterocycles. The van der Waals surface area contributed by atoms with Gasteiger partial charge < -0.3 is 14.7 Å². The van der Waals surface area contributed by atoms with E-state index in [0.717, 1.165) is 38.0 Å². The number of thiophene rings is 1. The normalized spacial score (nSPS) is 30.0. The summed E-state index contributed by atoms with van der Waals surface area (Å²) in [7, 11) is -3.84. The molecule has 0 bridgehead atoms. The van der Waals surface area contributed by atoms with Crippen LogP contribution in [0.3, 0.4) is 0 Å². The average molecular weight is 601 g/mol. The Morgan fingerprint density at radius 1 is 1.23 bits per heavy atom. The zero-order chi connectivity index (χ0) is 27.9. The van der Waals surface area contributed by atoms with Gasteiger partial charge >= 0.3 is 0 Å². The lowest BCUT2D eigenvalue weighted by Crippen LogP contribution is -2.55. The van der Waals surface area contributed by atoms with E-state index in [2.05, 4.69) is 27.2 Å². The van der Waals surface area contributed by atoms with E-state index in [9.17, 15) is 18.0 Å². The first-order chi connectivity index (χ1) is 19.3. The SMILES string of the molecule is O=C1[C@@H](NS(=O)(=O)/C=C/c2ccc(Cl)s2)CCCN1CC(=O)N1CC2CC2C1CN1CCC(C2=C=C=CC=C2)C1. The summed E-state index contributed by atoms with van der Waals surface area (Å²) >= 11 is 7.18. The van der Waals surface area contributed by atoms with Crippen LogP contribution in [0.2, 0.25) is 4.34 Å². The predicted molar refractivity (Wildman–Crippen MR) is 156 cm³/mol. The molecule has 1 saturated carbocycles. The van der Waals surface area contributed by atoms with Gasteiger partial charge in [-0.25, -0.2) is 8.42 Å². The van der Waals surface area contributed by atoms with E-state index in [1.54, 1.807) is 12.1 Å². The van der Waals surface area contributed by atoms with Gasteiger partial charge in [-0.1, -0.05) is 29.1 Å². The lowest BCUT2D eigenvalue weighted by atomic mass is 9.97. The molecule has 6 rings (SSSR count). The first kappa shape index (κ1) is 27.7. The number of fused-ring (bicyclic) bond motifs is 1. The molecular formula is C29H33ClN4O4S2. The van der Waals surface area contributed by atoms with Crippen molar-refractivity contribution in [3.05, 3.63) is 62.0 Å². The van der Waals surface area contributed by atoms with Crippen LogP contribution in [-0.2, 0) is 19.6 Å². The summed E-state index contributed by atoms with van der Waals surface area (Å²) in [6.45, 7) is 4.03.